The van der Waals surface area contributed by atoms with Crippen molar-refractivity contribution in [3.8, 4) is 56.4 Å². The molecule has 0 bridgehead atoms. The fourth-order valence-corrected chi connectivity index (χ4v) is 5.47. The lowest BCUT2D eigenvalue weighted by molar-refractivity contribution is 1.07. The first kappa shape index (κ1) is 24.9. The third kappa shape index (κ3) is 4.88. The number of halogens is 1. The lowest BCUT2D eigenvalue weighted by Crippen LogP contribution is -2.01. The summed E-state index contributed by atoms with van der Waals surface area (Å²) in [5.41, 5.74) is 6.97. The van der Waals surface area contributed by atoms with Crippen LogP contribution in [0.25, 0.3) is 67.2 Å². The Labute approximate surface area is 243 Å². The van der Waals surface area contributed by atoms with E-state index < -0.39 is 0 Å². The van der Waals surface area contributed by atoms with E-state index in [1.54, 1.807) is 0 Å². The van der Waals surface area contributed by atoms with Crippen LogP contribution >= 0.6 is 11.6 Å². The Morgan fingerprint density at radius 2 is 0.902 bits per heavy atom. The number of aromatic nitrogens is 3. The van der Waals surface area contributed by atoms with Crippen LogP contribution in [0.5, 0.6) is 0 Å². The fourth-order valence-electron chi connectivity index (χ4n) is 5.23. The zero-order valence-electron chi connectivity index (χ0n) is 22.1. The molecule has 0 atom stereocenters. The molecule has 3 nitrogen and oxygen atoms in total. The van der Waals surface area contributed by atoms with Gasteiger partial charge in [0, 0.05) is 27.3 Å². The summed E-state index contributed by atoms with van der Waals surface area (Å²) in [7, 11) is 0. The molecule has 1 heterocycles. The van der Waals surface area contributed by atoms with Crippen molar-refractivity contribution in [2.75, 3.05) is 0 Å². The second-order valence-electron chi connectivity index (χ2n) is 9.81. The van der Waals surface area contributed by atoms with Crippen molar-refractivity contribution in [3.63, 3.8) is 0 Å². The van der Waals surface area contributed by atoms with Gasteiger partial charge in [-0.25, -0.2) is 15.0 Å². The molecule has 0 fully saturated rings. The molecule has 6 aromatic carbocycles. The molecule has 0 spiro atoms. The highest BCUT2D eigenvalue weighted by atomic mass is 35.5. The Hall–Kier alpha value is -5.12. The second kappa shape index (κ2) is 10.8. The van der Waals surface area contributed by atoms with Crippen LogP contribution in [0.1, 0.15) is 0 Å². The predicted octanol–water partition coefficient (Wildman–Crippen LogP) is 10.0. The highest BCUT2D eigenvalue weighted by Gasteiger charge is 2.17. The van der Waals surface area contributed by atoms with Gasteiger partial charge in [-0.1, -0.05) is 139 Å². The fraction of sp³-hybridized carbons (Fsp3) is 0. The lowest BCUT2D eigenvalue weighted by atomic mass is 9.95. The van der Waals surface area contributed by atoms with E-state index in [4.69, 9.17) is 26.6 Å². The molecule has 0 aliphatic carbocycles. The molecule has 0 N–H and O–H groups in total. The largest absolute Gasteiger partial charge is 0.208 e. The Bertz CT molecular complexity index is 2000. The van der Waals surface area contributed by atoms with Gasteiger partial charge in [-0.2, -0.15) is 0 Å². The minimum absolute atomic E-state index is 0.607. The van der Waals surface area contributed by atoms with Gasteiger partial charge in [-0.3, -0.25) is 0 Å². The van der Waals surface area contributed by atoms with Crippen molar-refractivity contribution < 1.29 is 0 Å². The molecule has 0 saturated heterocycles. The summed E-state index contributed by atoms with van der Waals surface area (Å²) < 4.78 is 0. The monoisotopic (exact) mass is 545 g/mol. The summed E-state index contributed by atoms with van der Waals surface area (Å²) >= 11 is 6.70. The SMILES string of the molecule is Clc1ccccc1-c1cc(-c2nc(-c3ccccc3)nc(-c3ccccc3-c3ccccc3)n2)cc2ccccc12. The molecule has 7 aromatic rings. The van der Waals surface area contributed by atoms with E-state index in [1.165, 1.54) is 0 Å². The van der Waals surface area contributed by atoms with E-state index >= 15 is 0 Å². The second-order valence-corrected chi connectivity index (χ2v) is 10.2. The maximum Gasteiger partial charge on any atom is 0.164 e. The molecule has 0 unspecified atom stereocenters. The smallest absolute Gasteiger partial charge is 0.164 e. The molecule has 194 valence electrons. The highest BCUT2D eigenvalue weighted by Crippen LogP contribution is 2.38. The van der Waals surface area contributed by atoms with Crippen LogP contribution in [0.15, 0.2) is 146 Å². The standard InChI is InChI=1S/C37H24ClN3/c38-34-22-12-11-20-31(34)33-24-28(23-27-17-7-8-19-30(27)33)36-39-35(26-15-5-2-6-16-26)40-37(41-36)32-21-10-9-18-29(32)25-13-3-1-4-14-25/h1-24H. The van der Waals surface area contributed by atoms with Crippen molar-refractivity contribution in [2.45, 2.75) is 0 Å². The molecule has 1 aromatic heterocycles. The Morgan fingerprint density at radius 1 is 0.366 bits per heavy atom. The molecule has 4 heteroatoms. The molecular weight excluding hydrogens is 522 g/mol. The third-order valence-electron chi connectivity index (χ3n) is 7.20. The summed E-state index contributed by atoms with van der Waals surface area (Å²) in [6, 6.07) is 49.2. The van der Waals surface area contributed by atoms with Gasteiger partial charge in [-0.15, -0.1) is 0 Å². The van der Waals surface area contributed by atoms with Gasteiger partial charge in [0.1, 0.15) is 0 Å². The van der Waals surface area contributed by atoms with Gasteiger partial charge in [-0.05, 0) is 45.7 Å². The summed E-state index contributed by atoms with van der Waals surface area (Å²) in [5, 5.41) is 2.91. The van der Waals surface area contributed by atoms with Crippen LogP contribution < -0.4 is 0 Å². The summed E-state index contributed by atoms with van der Waals surface area (Å²) in [4.78, 5) is 15.1. The van der Waals surface area contributed by atoms with Crippen LogP contribution in [0.3, 0.4) is 0 Å². The zero-order chi connectivity index (χ0) is 27.6. The molecule has 41 heavy (non-hydrogen) atoms. The first-order chi connectivity index (χ1) is 20.2. The number of hydrogen-bond donors (Lipinski definition) is 0. The third-order valence-corrected chi connectivity index (χ3v) is 7.53. The van der Waals surface area contributed by atoms with Crippen molar-refractivity contribution in [1.82, 2.24) is 15.0 Å². The average Bonchev–Trinajstić information content (AvgIpc) is 3.05. The first-order valence-corrected chi connectivity index (χ1v) is 13.9. The Morgan fingerprint density at radius 3 is 1.63 bits per heavy atom. The van der Waals surface area contributed by atoms with Crippen molar-refractivity contribution in [3.05, 3.63) is 151 Å². The predicted molar refractivity (Wildman–Crippen MR) is 170 cm³/mol. The summed E-state index contributed by atoms with van der Waals surface area (Å²) in [6.45, 7) is 0. The maximum absolute atomic E-state index is 6.70. The van der Waals surface area contributed by atoms with Crippen LogP contribution in [-0.2, 0) is 0 Å². The minimum atomic E-state index is 0.607. The average molecular weight is 546 g/mol. The van der Waals surface area contributed by atoms with E-state index in [0.29, 0.717) is 22.5 Å². The van der Waals surface area contributed by atoms with Gasteiger partial charge in [0.15, 0.2) is 17.5 Å². The van der Waals surface area contributed by atoms with Gasteiger partial charge in [0.2, 0.25) is 0 Å². The molecule has 0 aliphatic rings. The molecular formula is C37H24ClN3. The van der Waals surface area contributed by atoms with Crippen LogP contribution in [0, 0.1) is 0 Å². The Kier molecular flexibility index (Phi) is 6.56. The van der Waals surface area contributed by atoms with E-state index in [2.05, 4.69) is 60.7 Å². The normalized spacial score (nSPS) is 11.0. The molecule has 0 aliphatic heterocycles. The van der Waals surface area contributed by atoms with E-state index in [1.807, 2.05) is 84.9 Å². The van der Waals surface area contributed by atoms with Crippen LogP contribution in [0.2, 0.25) is 5.02 Å². The molecule has 0 amide bonds. The van der Waals surface area contributed by atoms with Gasteiger partial charge < -0.3 is 0 Å². The number of nitrogens with zero attached hydrogens (tertiary/aromatic N) is 3. The lowest BCUT2D eigenvalue weighted by Gasteiger charge is -2.14. The number of benzene rings is 6. The number of rotatable bonds is 5. The summed E-state index contributed by atoms with van der Waals surface area (Å²) in [6.07, 6.45) is 0. The van der Waals surface area contributed by atoms with Crippen molar-refractivity contribution in [2.24, 2.45) is 0 Å². The van der Waals surface area contributed by atoms with Gasteiger partial charge >= 0.3 is 0 Å². The molecule has 0 radical (unpaired) electrons. The first-order valence-electron chi connectivity index (χ1n) is 13.5. The van der Waals surface area contributed by atoms with E-state index in [-0.39, 0.29) is 0 Å². The van der Waals surface area contributed by atoms with Crippen LogP contribution in [0.4, 0.5) is 0 Å². The van der Waals surface area contributed by atoms with E-state index in [9.17, 15) is 0 Å². The minimum Gasteiger partial charge on any atom is -0.208 e. The highest BCUT2D eigenvalue weighted by molar-refractivity contribution is 6.33. The number of hydrogen-bond acceptors (Lipinski definition) is 3. The van der Waals surface area contributed by atoms with Gasteiger partial charge in [0.05, 0.1) is 0 Å². The van der Waals surface area contributed by atoms with E-state index in [0.717, 1.165) is 49.7 Å². The molecule has 0 saturated carbocycles. The van der Waals surface area contributed by atoms with Crippen LogP contribution in [-0.4, -0.2) is 15.0 Å². The zero-order valence-corrected chi connectivity index (χ0v) is 22.8. The quantitative estimate of drug-likeness (QED) is 0.216. The van der Waals surface area contributed by atoms with Crippen molar-refractivity contribution in [1.29, 1.82) is 0 Å². The Balaban J connectivity index is 1.49. The maximum atomic E-state index is 6.70. The summed E-state index contributed by atoms with van der Waals surface area (Å²) in [5.74, 6) is 1.86. The number of fused-ring (bicyclic) bond motifs is 1. The topological polar surface area (TPSA) is 38.7 Å². The van der Waals surface area contributed by atoms with Gasteiger partial charge in [0.25, 0.3) is 0 Å². The molecule has 7 rings (SSSR count). The van der Waals surface area contributed by atoms with Crippen molar-refractivity contribution >= 4 is 22.4 Å².